The van der Waals surface area contributed by atoms with E-state index in [1.807, 2.05) is 18.2 Å². The van der Waals surface area contributed by atoms with Crippen LogP contribution in [0.15, 0.2) is 23.4 Å². The number of piperidine rings is 1. The molecule has 2 bridgehead atoms. The fourth-order valence-corrected chi connectivity index (χ4v) is 4.41. The van der Waals surface area contributed by atoms with Crippen LogP contribution in [-0.2, 0) is 4.84 Å². The van der Waals surface area contributed by atoms with E-state index >= 15 is 0 Å². The molecule has 5 atom stereocenters. The van der Waals surface area contributed by atoms with Crippen molar-refractivity contribution >= 4 is 28.9 Å². The number of aliphatic hydroxyl groups is 1. The molecule has 2 saturated heterocycles. The fraction of sp³-hybridized carbons (Fsp3) is 0.588. The highest BCUT2D eigenvalue weighted by molar-refractivity contribution is 6.42. The summed E-state index contributed by atoms with van der Waals surface area (Å²) in [6.07, 6.45) is 2.15. The molecule has 3 rings (SSSR count). The van der Waals surface area contributed by atoms with Gasteiger partial charge in [-0.2, -0.15) is 0 Å². The van der Waals surface area contributed by atoms with Crippen molar-refractivity contribution in [3.05, 3.63) is 33.8 Å². The largest absolute Gasteiger partial charge is 0.399 e. The lowest BCUT2D eigenvalue weighted by molar-refractivity contribution is 0.136. The molecule has 6 heteroatoms. The second kappa shape index (κ2) is 6.98. The molecule has 126 valence electrons. The van der Waals surface area contributed by atoms with Gasteiger partial charge in [-0.15, -0.1) is 0 Å². The van der Waals surface area contributed by atoms with Crippen LogP contribution in [0.3, 0.4) is 0 Å². The van der Waals surface area contributed by atoms with E-state index in [2.05, 4.69) is 17.4 Å². The lowest BCUT2D eigenvalue weighted by atomic mass is 9.73. The third-order valence-corrected chi connectivity index (χ3v) is 5.79. The van der Waals surface area contributed by atoms with Crippen LogP contribution in [0.1, 0.15) is 37.7 Å². The van der Waals surface area contributed by atoms with Crippen molar-refractivity contribution < 1.29 is 9.94 Å². The summed E-state index contributed by atoms with van der Waals surface area (Å²) in [5.74, 6) is 0.331. The van der Waals surface area contributed by atoms with Gasteiger partial charge in [-0.05, 0) is 42.9 Å². The molecule has 3 unspecified atom stereocenters. The van der Waals surface area contributed by atoms with E-state index in [0.29, 0.717) is 16.1 Å². The van der Waals surface area contributed by atoms with Gasteiger partial charge in [0.05, 0.1) is 21.9 Å². The number of oxime groups is 1. The number of hydrogen-bond acceptors (Lipinski definition) is 4. The van der Waals surface area contributed by atoms with Crippen molar-refractivity contribution in [2.75, 3.05) is 7.11 Å². The molecule has 0 spiro atoms. The van der Waals surface area contributed by atoms with Crippen molar-refractivity contribution in [2.45, 2.75) is 50.3 Å². The van der Waals surface area contributed by atoms with Gasteiger partial charge >= 0.3 is 0 Å². The number of nitrogens with one attached hydrogen (secondary N) is 1. The maximum absolute atomic E-state index is 10.4. The maximum Gasteiger partial charge on any atom is 0.106 e. The summed E-state index contributed by atoms with van der Waals surface area (Å²) in [5.41, 5.74) is 2.12. The smallest absolute Gasteiger partial charge is 0.106 e. The number of aliphatic hydroxyl groups excluding tert-OH is 1. The van der Waals surface area contributed by atoms with E-state index < -0.39 is 0 Å². The number of benzene rings is 1. The minimum atomic E-state index is -0.355. The van der Waals surface area contributed by atoms with E-state index in [9.17, 15) is 5.11 Å². The molecule has 23 heavy (non-hydrogen) atoms. The molecule has 0 aromatic heterocycles. The molecule has 1 aromatic carbocycles. The Hall–Kier alpha value is -0.810. The van der Waals surface area contributed by atoms with Crippen LogP contribution in [0, 0.1) is 5.92 Å². The average molecular weight is 357 g/mol. The third kappa shape index (κ3) is 3.22. The molecule has 2 aliphatic heterocycles. The number of halogens is 2. The maximum atomic E-state index is 10.4. The topological polar surface area (TPSA) is 53.9 Å². The minimum absolute atomic E-state index is 0.00190. The minimum Gasteiger partial charge on any atom is -0.399 e. The van der Waals surface area contributed by atoms with Gasteiger partial charge in [-0.1, -0.05) is 41.3 Å². The van der Waals surface area contributed by atoms with E-state index in [0.717, 1.165) is 30.5 Å². The lowest BCUT2D eigenvalue weighted by Gasteiger charge is -2.39. The normalized spacial score (nSPS) is 33.8. The van der Waals surface area contributed by atoms with E-state index in [-0.39, 0.29) is 24.0 Å². The highest BCUT2D eigenvalue weighted by Gasteiger charge is 2.48. The molecule has 1 aromatic rings. The van der Waals surface area contributed by atoms with Crippen molar-refractivity contribution in [3.63, 3.8) is 0 Å². The second-order valence-corrected chi connectivity index (χ2v) is 7.17. The molecule has 2 heterocycles. The number of rotatable bonds is 4. The number of nitrogens with zero attached hydrogens (tertiary/aromatic N) is 1. The number of fused-ring (bicyclic) bond motifs is 2. The Morgan fingerprint density at radius 1 is 1.35 bits per heavy atom. The van der Waals surface area contributed by atoms with E-state index in [4.69, 9.17) is 28.0 Å². The van der Waals surface area contributed by atoms with Gasteiger partial charge < -0.3 is 15.3 Å². The molecule has 0 aliphatic carbocycles. The summed E-state index contributed by atoms with van der Waals surface area (Å²) in [4.78, 5) is 5.05. The summed E-state index contributed by atoms with van der Waals surface area (Å²) in [7, 11) is 1.56. The first kappa shape index (κ1) is 17.0. The standard InChI is InChI=1S/C17H22Cl2N2O2/c1-3-14(21-23-2)16-11(7-10-8-15(22)17(16)20-10)9-4-5-12(18)13(19)6-9/h4-6,10-11,15-17,20,22H,3,7-8H2,1-2H3/t10?,11?,15?,16-,17-/m1/s1. The number of hydrogen-bond donors (Lipinski definition) is 2. The Morgan fingerprint density at radius 3 is 2.78 bits per heavy atom. The summed E-state index contributed by atoms with van der Waals surface area (Å²) < 4.78 is 0. The zero-order valence-electron chi connectivity index (χ0n) is 13.3. The van der Waals surface area contributed by atoms with Crippen LogP contribution in [0.25, 0.3) is 0 Å². The molecule has 0 saturated carbocycles. The molecular weight excluding hydrogens is 335 g/mol. The third-order valence-electron chi connectivity index (χ3n) is 5.05. The lowest BCUT2D eigenvalue weighted by Crippen LogP contribution is -2.50. The van der Waals surface area contributed by atoms with Crippen molar-refractivity contribution in [2.24, 2.45) is 11.1 Å². The van der Waals surface area contributed by atoms with Crippen LogP contribution in [-0.4, -0.2) is 36.1 Å². The summed E-state index contributed by atoms with van der Waals surface area (Å²) in [6, 6.07) is 6.14. The molecule has 0 radical (unpaired) electrons. The average Bonchev–Trinajstić information content (AvgIpc) is 2.83. The van der Waals surface area contributed by atoms with Crippen molar-refractivity contribution in [1.29, 1.82) is 0 Å². The van der Waals surface area contributed by atoms with Gasteiger partial charge in [0, 0.05) is 18.0 Å². The van der Waals surface area contributed by atoms with Gasteiger partial charge in [0.1, 0.15) is 7.11 Å². The molecule has 2 aliphatic rings. The Bertz CT molecular complexity index is 608. The SMILES string of the molecule is CCC(=NOC)[C@H]1C(c2ccc(Cl)c(Cl)c2)CC2CC(O)[C@H]1N2. The molecule has 2 N–H and O–H groups in total. The quantitative estimate of drug-likeness (QED) is 0.640. The Labute approximate surface area is 146 Å². The van der Waals surface area contributed by atoms with Crippen LogP contribution < -0.4 is 5.32 Å². The van der Waals surface area contributed by atoms with Gasteiger partial charge in [-0.3, -0.25) is 0 Å². The zero-order valence-corrected chi connectivity index (χ0v) is 14.8. The zero-order chi connectivity index (χ0) is 16.6. The molecule has 4 nitrogen and oxygen atoms in total. The summed E-state index contributed by atoms with van der Waals surface area (Å²) >= 11 is 12.3. The summed E-state index contributed by atoms with van der Waals surface area (Å²) in [6.45, 7) is 2.07. The van der Waals surface area contributed by atoms with Crippen LogP contribution in [0.5, 0.6) is 0 Å². The van der Waals surface area contributed by atoms with Crippen LogP contribution in [0.4, 0.5) is 0 Å². The monoisotopic (exact) mass is 356 g/mol. The predicted octanol–water partition coefficient (Wildman–Crippen LogP) is 3.60. The Morgan fingerprint density at radius 2 is 2.13 bits per heavy atom. The van der Waals surface area contributed by atoms with Crippen molar-refractivity contribution in [1.82, 2.24) is 5.32 Å². The van der Waals surface area contributed by atoms with Crippen LogP contribution in [0.2, 0.25) is 10.0 Å². The van der Waals surface area contributed by atoms with Crippen molar-refractivity contribution in [3.8, 4) is 0 Å². The highest BCUT2D eigenvalue weighted by atomic mass is 35.5. The first-order valence-corrected chi connectivity index (χ1v) is 8.79. The first-order valence-electron chi connectivity index (χ1n) is 8.04. The first-order chi connectivity index (χ1) is 11.0. The molecule has 2 fully saturated rings. The Kier molecular flexibility index (Phi) is 5.16. The molecule has 0 amide bonds. The van der Waals surface area contributed by atoms with E-state index in [1.54, 1.807) is 7.11 Å². The fourth-order valence-electron chi connectivity index (χ4n) is 4.10. The van der Waals surface area contributed by atoms with E-state index in [1.165, 1.54) is 0 Å². The van der Waals surface area contributed by atoms with Crippen LogP contribution >= 0.6 is 23.2 Å². The van der Waals surface area contributed by atoms with Gasteiger partial charge in [0.25, 0.3) is 0 Å². The summed E-state index contributed by atoms with van der Waals surface area (Å²) in [5, 5.41) is 19.3. The molecular formula is C17H22Cl2N2O2. The predicted molar refractivity (Wildman–Crippen MR) is 93.4 cm³/mol. The van der Waals surface area contributed by atoms with Gasteiger partial charge in [-0.25, -0.2) is 0 Å². The van der Waals surface area contributed by atoms with Gasteiger partial charge in [0.15, 0.2) is 0 Å². The Balaban J connectivity index is 2.01. The highest BCUT2D eigenvalue weighted by Crippen LogP contribution is 2.44. The second-order valence-electron chi connectivity index (χ2n) is 6.35. The van der Waals surface area contributed by atoms with Gasteiger partial charge in [0.2, 0.25) is 0 Å².